The van der Waals surface area contributed by atoms with E-state index >= 15 is 0 Å². The van der Waals surface area contributed by atoms with Gasteiger partial charge in [-0.25, -0.2) is 4.79 Å². The fourth-order valence-corrected chi connectivity index (χ4v) is 10.2. The monoisotopic (exact) mass is 620 g/mol. The largest absolute Gasteiger partial charge is 0.458 e. The van der Waals surface area contributed by atoms with E-state index in [9.17, 15) is 39.9 Å². The van der Waals surface area contributed by atoms with Crippen molar-refractivity contribution in [2.75, 3.05) is 6.61 Å². The van der Waals surface area contributed by atoms with Crippen molar-refractivity contribution in [2.24, 2.45) is 22.7 Å². The average molecular weight is 621 g/mol. The van der Waals surface area contributed by atoms with Gasteiger partial charge in [0.15, 0.2) is 6.29 Å². The smallest absolute Gasteiger partial charge is 0.335 e. The number of ether oxygens (including phenoxy) is 3. The quantitative estimate of drug-likeness (QED) is 0.172. The molecule has 1 saturated heterocycles. The number of hydrogen-bond donors (Lipinski definition) is 5. The summed E-state index contributed by atoms with van der Waals surface area (Å²) >= 11 is 0. The second-order valence-electron chi connectivity index (χ2n) is 14.1. The predicted octanol–water partition coefficient (Wildman–Crippen LogP) is 0.931. The summed E-state index contributed by atoms with van der Waals surface area (Å²) in [6.07, 6.45) is -1.21. The van der Waals surface area contributed by atoms with Gasteiger partial charge in [0.05, 0.1) is 30.0 Å². The Morgan fingerprint density at radius 1 is 1.02 bits per heavy atom. The third-order valence-corrected chi connectivity index (χ3v) is 12.3. The van der Waals surface area contributed by atoms with E-state index in [1.165, 1.54) is 19.3 Å². The Bertz CT molecular complexity index is 1290. The molecule has 0 radical (unpaired) electrons. The van der Waals surface area contributed by atoms with Crippen molar-refractivity contribution in [3.05, 3.63) is 34.4 Å². The van der Waals surface area contributed by atoms with Gasteiger partial charge >= 0.3 is 11.6 Å². The third kappa shape index (κ3) is 4.55. The lowest BCUT2D eigenvalue weighted by molar-refractivity contribution is -0.323. The maximum absolute atomic E-state index is 13.4. The van der Waals surface area contributed by atoms with Gasteiger partial charge in [0.1, 0.15) is 36.3 Å². The highest BCUT2D eigenvalue weighted by atomic mass is 16.7. The molecule has 1 aliphatic heterocycles. The van der Waals surface area contributed by atoms with Crippen LogP contribution in [0.2, 0.25) is 0 Å². The lowest BCUT2D eigenvalue weighted by Gasteiger charge is -2.65. The van der Waals surface area contributed by atoms with Crippen LogP contribution in [0.15, 0.2) is 27.6 Å². The minimum Gasteiger partial charge on any atom is -0.458 e. The van der Waals surface area contributed by atoms with Crippen LogP contribution in [0, 0.1) is 22.7 Å². The zero-order valence-corrected chi connectivity index (χ0v) is 25.2. The van der Waals surface area contributed by atoms with Crippen LogP contribution in [0.5, 0.6) is 0 Å². The zero-order valence-electron chi connectivity index (χ0n) is 25.2. The predicted molar refractivity (Wildman–Crippen MR) is 151 cm³/mol. The van der Waals surface area contributed by atoms with Crippen LogP contribution in [0.3, 0.4) is 0 Å². The Labute approximate surface area is 255 Å². The molecule has 44 heavy (non-hydrogen) atoms. The molecule has 0 amide bonds. The van der Waals surface area contributed by atoms with Gasteiger partial charge in [-0.1, -0.05) is 6.92 Å². The molecule has 0 bridgehead atoms. The summed E-state index contributed by atoms with van der Waals surface area (Å²) in [5, 5.41) is 53.1. The molecule has 2 heterocycles. The lowest BCUT2D eigenvalue weighted by Crippen LogP contribution is -2.70. The van der Waals surface area contributed by atoms with E-state index in [0.717, 1.165) is 11.8 Å². The lowest BCUT2D eigenvalue weighted by atomic mass is 9.41. The van der Waals surface area contributed by atoms with Crippen molar-refractivity contribution in [2.45, 2.75) is 126 Å². The third-order valence-electron chi connectivity index (χ3n) is 12.3. The normalized spacial score (nSPS) is 48.5. The molecule has 12 nitrogen and oxygen atoms in total. The Balaban J connectivity index is 1.29. The van der Waals surface area contributed by atoms with E-state index in [2.05, 4.69) is 6.92 Å². The van der Waals surface area contributed by atoms with Gasteiger partial charge < -0.3 is 49.0 Å². The van der Waals surface area contributed by atoms with E-state index in [-0.39, 0.29) is 24.2 Å². The van der Waals surface area contributed by atoms with Gasteiger partial charge in [0.25, 0.3) is 0 Å². The van der Waals surface area contributed by atoms with Crippen molar-refractivity contribution in [1.29, 1.82) is 0 Å². The van der Waals surface area contributed by atoms with E-state index in [1.54, 1.807) is 6.07 Å². The number of rotatable bonds is 6. The van der Waals surface area contributed by atoms with Crippen LogP contribution in [-0.4, -0.2) is 92.4 Å². The van der Waals surface area contributed by atoms with Gasteiger partial charge in [-0.15, -0.1) is 0 Å². The molecule has 5 aliphatic rings. The number of carbonyl (C=O) groups is 2. The molecule has 0 aromatic carbocycles. The Morgan fingerprint density at radius 2 is 1.77 bits per heavy atom. The molecule has 6 rings (SSSR count). The van der Waals surface area contributed by atoms with E-state index < -0.39 is 77.0 Å². The van der Waals surface area contributed by atoms with E-state index in [0.29, 0.717) is 51.4 Å². The van der Waals surface area contributed by atoms with Gasteiger partial charge in [-0.3, -0.25) is 4.79 Å². The first kappa shape index (κ1) is 31.8. The van der Waals surface area contributed by atoms with Crippen LogP contribution in [0.4, 0.5) is 0 Å². The number of aliphatic hydroxyl groups is 5. The zero-order chi connectivity index (χ0) is 31.7. The summed E-state index contributed by atoms with van der Waals surface area (Å²) in [6.45, 7) is 2.81. The Morgan fingerprint density at radius 3 is 2.43 bits per heavy atom. The number of fused-ring (bicyclic) bond motifs is 5. The summed E-state index contributed by atoms with van der Waals surface area (Å²) in [5.41, 5.74) is -3.44. The van der Waals surface area contributed by atoms with Crippen molar-refractivity contribution in [3.8, 4) is 0 Å². The van der Waals surface area contributed by atoms with Crippen molar-refractivity contribution < 1.29 is 53.7 Å². The van der Waals surface area contributed by atoms with Gasteiger partial charge in [0.2, 0.25) is 0 Å². The van der Waals surface area contributed by atoms with Crippen LogP contribution < -0.4 is 5.63 Å². The number of aliphatic hydroxyl groups excluding tert-OH is 4. The second-order valence-corrected chi connectivity index (χ2v) is 14.1. The number of esters is 1. The fraction of sp³-hybridized carbons (Fsp3) is 0.781. The summed E-state index contributed by atoms with van der Waals surface area (Å²) in [7, 11) is 0. The molecule has 4 aliphatic carbocycles. The highest BCUT2D eigenvalue weighted by Crippen LogP contribution is 2.71. The number of aldehydes is 1. The molecule has 5 fully saturated rings. The van der Waals surface area contributed by atoms with Crippen molar-refractivity contribution in [3.63, 3.8) is 0 Å². The first-order valence-electron chi connectivity index (χ1n) is 15.8. The van der Waals surface area contributed by atoms with Gasteiger partial charge in [0, 0.05) is 24.8 Å². The molecular weight excluding hydrogens is 576 g/mol. The van der Waals surface area contributed by atoms with Crippen LogP contribution in [0.25, 0.3) is 0 Å². The summed E-state index contributed by atoms with van der Waals surface area (Å²) in [6, 6.07) is 3.18. The maximum atomic E-state index is 13.4. The molecule has 2 unspecified atom stereocenters. The molecule has 1 aromatic rings. The topological polar surface area (TPSA) is 193 Å². The molecule has 244 valence electrons. The van der Waals surface area contributed by atoms with Crippen molar-refractivity contribution in [1.82, 2.24) is 0 Å². The maximum Gasteiger partial charge on any atom is 0.335 e. The van der Waals surface area contributed by atoms with E-state index in [1.807, 2.05) is 0 Å². The Kier molecular flexibility index (Phi) is 8.13. The average Bonchev–Trinajstić information content (AvgIpc) is 3.28. The summed E-state index contributed by atoms with van der Waals surface area (Å²) < 4.78 is 23.0. The minimum absolute atomic E-state index is 0.0205. The van der Waals surface area contributed by atoms with Crippen molar-refractivity contribution >= 4 is 12.3 Å². The van der Waals surface area contributed by atoms with Gasteiger partial charge in [-0.05, 0) is 80.8 Å². The minimum atomic E-state index is -1.60. The molecule has 1 aromatic heterocycles. The number of carbonyl (C=O) groups excluding carboxylic acids is 2. The molecular formula is C32H44O12. The number of hydrogen-bond acceptors (Lipinski definition) is 12. The summed E-state index contributed by atoms with van der Waals surface area (Å²) in [5.74, 6) is -1.03. The van der Waals surface area contributed by atoms with Crippen LogP contribution >= 0.6 is 0 Å². The standard InChI is InChI=1S/C32H44O12/c1-17(35)44-31-11-7-22-21(6-9-29(2)20(8-12-32(22,29)40)18-3-4-24(36)41-15-18)30(31,16-34)10-5-19(13-31)42-28-27(39)26(38)25(37)23(14-33)43-28/h3-4,15-16,19-23,25-28,33,37-40H,5-14H2,1-2H3/t19?,20-,21+,22?,23-,25-,26+,27-,28-,29-,30+,31+,32+/m1/s1. The van der Waals surface area contributed by atoms with Gasteiger partial charge in [-0.2, -0.15) is 0 Å². The molecule has 13 atom stereocenters. The molecule has 12 heteroatoms. The second kappa shape index (κ2) is 11.3. The fourth-order valence-electron chi connectivity index (χ4n) is 10.2. The molecule has 4 saturated carbocycles. The SMILES string of the molecule is CC(=O)O[C@]12CCC3[C@H](CC[C@]4(C)[C@@H](c5ccc(=O)oc5)CC[C@]34O)[C@@]1(C=O)CCC(O[C@@H]1O[C@H](CO)[C@@H](O)[C@H](O)[C@H]1O)C2. The first-order chi connectivity index (χ1) is 20.8. The van der Waals surface area contributed by atoms with E-state index in [4.69, 9.17) is 18.6 Å². The highest BCUT2D eigenvalue weighted by molar-refractivity contribution is 5.70. The Hall–Kier alpha value is -2.19. The first-order valence-corrected chi connectivity index (χ1v) is 15.8. The summed E-state index contributed by atoms with van der Waals surface area (Å²) in [4.78, 5) is 37.6. The van der Waals surface area contributed by atoms with Crippen LogP contribution in [0.1, 0.15) is 83.1 Å². The van der Waals surface area contributed by atoms with Crippen LogP contribution in [-0.2, 0) is 23.8 Å². The molecule has 0 spiro atoms. The molecule has 5 N–H and O–H groups in total. The highest BCUT2D eigenvalue weighted by Gasteiger charge is 2.72.